The van der Waals surface area contributed by atoms with Crippen LogP contribution in [0, 0.1) is 0 Å². The van der Waals surface area contributed by atoms with E-state index in [-0.39, 0.29) is 0 Å². The van der Waals surface area contributed by atoms with Gasteiger partial charge in [-0.2, -0.15) is 0 Å². The van der Waals surface area contributed by atoms with Crippen molar-refractivity contribution in [1.29, 1.82) is 0 Å². The SMILES string of the molecule is CNc1cc(-c2cncc(-c3ccc(CN4CCOCC4)cc3)c2)nc(-c2ccccn2)n1. The van der Waals surface area contributed by atoms with Crippen molar-refractivity contribution in [2.24, 2.45) is 0 Å². The molecular weight excluding hydrogens is 412 g/mol. The van der Waals surface area contributed by atoms with Gasteiger partial charge < -0.3 is 10.1 Å². The highest BCUT2D eigenvalue weighted by Gasteiger charge is 2.12. The molecule has 5 rings (SSSR count). The molecule has 1 fully saturated rings. The van der Waals surface area contributed by atoms with E-state index < -0.39 is 0 Å². The van der Waals surface area contributed by atoms with Crippen LogP contribution < -0.4 is 5.32 Å². The van der Waals surface area contributed by atoms with Crippen molar-refractivity contribution in [3.05, 3.63) is 78.8 Å². The van der Waals surface area contributed by atoms with E-state index in [4.69, 9.17) is 9.72 Å². The normalized spacial score (nSPS) is 14.2. The maximum absolute atomic E-state index is 5.44. The lowest BCUT2D eigenvalue weighted by Gasteiger charge is -2.26. The number of hydrogen-bond acceptors (Lipinski definition) is 7. The number of nitrogens with zero attached hydrogens (tertiary/aromatic N) is 5. The molecule has 4 aromatic rings. The number of rotatable bonds is 6. The molecule has 7 nitrogen and oxygen atoms in total. The van der Waals surface area contributed by atoms with Crippen LogP contribution in [0.15, 0.2) is 73.2 Å². The second-order valence-corrected chi connectivity index (χ2v) is 7.97. The van der Waals surface area contributed by atoms with Gasteiger partial charge in [0.15, 0.2) is 5.82 Å². The van der Waals surface area contributed by atoms with Gasteiger partial charge in [0.25, 0.3) is 0 Å². The molecule has 3 aromatic heterocycles. The minimum Gasteiger partial charge on any atom is -0.379 e. The van der Waals surface area contributed by atoms with Crippen LogP contribution in [0.1, 0.15) is 5.56 Å². The predicted molar refractivity (Wildman–Crippen MR) is 130 cm³/mol. The van der Waals surface area contributed by atoms with Gasteiger partial charge in [-0.1, -0.05) is 30.3 Å². The standard InChI is InChI=1S/C26H26N6O/c1-27-25-15-24(30-26(31-25)23-4-2-3-9-29-23)22-14-21(16-28-17-22)20-7-5-19(6-8-20)18-32-10-12-33-13-11-32/h2-9,14-17H,10-13,18H2,1H3,(H,27,30,31). The number of anilines is 1. The molecule has 0 saturated carbocycles. The van der Waals surface area contributed by atoms with E-state index in [1.807, 2.05) is 43.7 Å². The summed E-state index contributed by atoms with van der Waals surface area (Å²) in [5.41, 5.74) is 5.95. The zero-order chi connectivity index (χ0) is 22.5. The molecule has 1 N–H and O–H groups in total. The Morgan fingerprint density at radius 3 is 2.45 bits per heavy atom. The summed E-state index contributed by atoms with van der Waals surface area (Å²) in [5, 5.41) is 3.12. The monoisotopic (exact) mass is 438 g/mol. The van der Waals surface area contributed by atoms with Crippen molar-refractivity contribution in [2.45, 2.75) is 6.54 Å². The lowest BCUT2D eigenvalue weighted by atomic mass is 10.0. The van der Waals surface area contributed by atoms with Gasteiger partial charge in [-0.15, -0.1) is 0 Å². The molecule has 0 bridgehead atoms. The summed E-state index contributed by atoms with van der Waals surface area (Å²) in [6, 6.07) is 18.5. The van der Waals surface area contributed by atoms with Crippen molar-refractivity contribution in [3.8, 4) is 33.9 Å². The molecule has 7 heteroatoms. The minimum atomic E-state index is 0.579. The average molecular weight is 439 g/mol. The molecule has 0 unspecified atom stereocenters. The van der Waals surface area contributed by atoms with Gasteiger partial charge in [-0.05, 0) is 29.3 Å². The van der Waals surface area contributed by atoms with Crippen LogP contribution in [0.4, 0.5) is 5.82 Å². The maximum atomic E-state index is 5.44. The molecular formula is C26H26N6O. The van der Waals surface area contributed by atoms with Crippen LogP contribution in [-0.4, -0.2) is 58.2 Å². The topological polar surface area (TPSA) is 76.1 Å². The molecule has 1 saturated heterocycles. The fourth-order valence-corrected chi connectivity index (χ4v) is 3.89. The maximum Gasteiger partial charge on any atom is 0.180 e. The minimum absolute atomic E-state index is 0.579. The summed E-state index contributed by atoms with van der Waals surface area (Å²) in [6.45, 7) is 4.56. The van der Waals surface area contributed by atoms with Gasteiger partial charge in [0.1, 0.15) is 11.5 Å². The van der Waals surface area contributed by atoms with Gasteiger partial charge >= 0.3 is 0 Å². The van der Waals surface area contributed by atoms with Crippen molar-refractivity contribution >= 4 is 5.82 Å². The third-order valence-corrected chi connectivity index (χ3v) is 5.71. The summed E-state index contributed by atoms with van der Waals surface area (Å²) in [4.78, 5) is 20.6. The molecule has 0 spiro atoms. The first-order chi connectivity index (χ1) is 16.3. The number of hydrogen-bond donors (Lipinski definition) is 1. The highest BCUT2D eigenvalue weighted by Crippen LogP contribution is 2.27. The highest BCUT2D eigenvalue weighted by molar-refractivity contribution is 5.72. The van der Waals surface area contributed by atoms with E-state index in [9.17, 15) is 0 Å². The zero-order valence-electron chi connectivity index (χ0n) is 18.6. The Bertz CT molecular complexity index is 1210. The predicted octanol–water partition coefficient (Wildman–Crippen LogP) is 4.14. The second kappa shape index (κ2) is 9.85. The Morgan fingerprint density at radius 2 is 1.70 bits per heavy atom. The van der Waals surface area contributed by atoms with Gasteiger partial charge in [-0.25, -0.2) is 9.97 Å². The van der Waals surface area contributed by atoms with Crippen LogP contribution in [-0.2, 0) is 11.3 Å². The first kappa shape index (κ1) is 21.2. The Kier molecular flexibility index (Phi) is 6.32. The first-order valence-electron chi connectivity index (χ1n) is 11.1. The Morgan fingerprint density at radius 1 is 0.879 bits per heavy atom. The third kappa shape index (κ3) is 5.05. The van der Waals surface area contributed by atoms with E-state index in [0.29, 0.717) is 5.82 Å². The number of aromatic nitrogens is 4. The number of nitrogens with one attached hydrogen (secondary N) is 1. The van der Waals surface area contributed by atoms with E-state index in [2.05, 4.69) is 55.5 Å². The fraction of sp³-hybridized carbons (Fsp3) is 0.231. The molecule has 166 valence electrons. The Labute approximate surface area is 193 Å². The molecule has 1 aromatic carbocycles. The first-order valence-corrected chi connectivity index (χ1v) is 11.1. The second-order valence-electron chi connectivity index (χ2n) is 7.97. The van der Waals surface area contributed by atoms with Crippen LogP contribution in [0.25, 0.3) is 33.9 Å². The molecule has 0 amide bonds. The third-order valence-electron chi connectivity index (χ3n) is 5.71. The molecule has 33 heavy (non-hydrogen) atoms. The average Bonchev–Trinajstić information content (AvgIpc) is 2.90. The summed E-state index contributed by atoms with van der Waals surface area (Å²) in [7, 11) is 1.85. The van der Waals surface area contributed by atoms with Gasteiger partial charge in [-0.3, -0.25) is 14.9 Å². The van der Waals surface area contributed by atoms with Crippen molar-refractivity contribution in [3.63, 3.8) is 0 Å². The molecule has 1 aliphatic heterocycles. The lowest BCUT2D eigenvalue weighted by Crippen LogP contribution is -2.35. The fourth-order valence-electron chi connectivity index (χ4n) is 3.89. The summed E-state index contributed by atoms with van der Waals surface area (Å²) >= 11 is 0. The molecule has 0 radical (unpaired) electrons. The number of benzene rings is 1. The van der Waals surface area contributed by atoms with Gasteiger partial charge in [0.2, 0.25) is 0 Å². The zero-order valence-corrected chi connectivity index (χ0v) is 18.6. The van der Waals surface area contributed by atoms with Crippen molar-refractivity contribution in [1.82, 2.24) is 24.8 Å². The van der Waals surface area contributed by atoms with Gasteiger partial charge in [0.05, 0.1) is 18.9 Å². The van der Waals surface area contributed by atoms with E-state index in [1.54, 1.807) is 6.20 Å². The highest BCUT2D eigenvalue weighted by atomic mass is 16.5. The largest absolute Gasteiger partial charge is 0.379 e. The summed E-state index contributed by atoms with van der Waals surface area (Å²) in [5.74, 6) is 1.31. The van der Waals surface area contributed by atoms with Crippen LogP contribution in [0.5, 0.6) is 0 Å². The summed E-state index contributed by atoms with van der Waals surface area (Å²) in [6.07, 6.45) is 5.47. The summed E-state index contributed by atoms with van der Waals surface area (Å²) < 4.78 is 5.44. The van der Waals surface area contributed by atoms with Crippen molar-refractivity contribution in [2.75, 3.05) is 38.7 Å². The number of ether oxygens (including phenoxy) is 1. The van der Waals surface area contributed by atoms with E-state index in [1.165, 1.54) is 5.56 Å². The smallest absolute Gasteiger partial charge is 0.180 e. The lowest BCUT2D eigenvalue weighted by molar-refractivity contribution is 0.0342. The van der Waals surface area contributed by atoms with E-state index >= 15 is 0 Å². The van der Waals surface area contributed by atoms with Crippen LogP contribution in [0.3, 0.4) is 0 Å². The Hall–Kier alpha value is -3.68. The molecule has 4 heterocycles. The molecule has 1 aliphatic rings. The van der Waals surface area contributed by atoms with E-state index in [0.717, 1.165) is 66.7 Å². The van der Waals surface area contributed by atoms with Crippen LogP contribution in [0.2, 0.25) is 0 Å². The number of morpholine rings is 1. The molecule has 0 atom stereocenters. The Balaban J connectivity index is 1.41. The van der Waals surface area contributed by atoms with Crippen molar-refractivity contribution < 1.29 is 4.74 Å². The number of pyridine rings is 2. The van der Waals surface area contributed by atoms with Gasteiger partial charge in [0, 0.05) is 62.5 Å². The quantitative estimate of drug-likeness (QED) is 0.485. The molecule has 0 aliphatic carbocycles. The van der Waals surface area contributed by atoms with Crippen LogP contribution >= 0.6 is 0 Å².